The van der Waals surface area contributed by atoms with E-state index in [-0.39, 0.29) is 5.69 Å². The first-order chi connectivity index (χ1) is 13.0. The van der Waals surface area contributed by atoms with Crippen molar-refractivity contribution in [1.29, 1.82) is 0 Å². The number of rotatable bonds is 8. The van der Waals surface area contributed by atoms with Crippen LogP contribution in [0.1, 0.15) is 24.5 Å². The molecule has 3 aromatic rings. The third-order valence-corrected chi connectivity index (χ3v) is 5.57. The van der Waals surface area contributed by atoms with E-state index in [1.807, 2.05) is 19.1 Å². The number of aromatic nitrogens is 3. The molecule has 0 aliphatic heterocycles. The Morgan fingerprint density at radius 1 is 1.30 bits per heavy atom. The topological polar surface area (TPSA) is 90.1 Å². The van der Waals surface area contributed by atoms with Gasteiger partial charge in [-0.3, -0.25) is 4.57 Å². The van der Waals surface area contributed by atoms with Gasteiger partial charge in [-0.1, -0.05) is 30.3 Å². The lowest BCUT2D eigenvalue weighted by Gasteiger charge is -2.09. The summed E-state index contributed by atoms with van der Waals surface area (Å²) in [6.45, 7) is 3.06. The molecule has 3 rings (SSSR count). The van der Waals surface area contributed by atoms with Crippen LogP contribution >= 0.6 is 23.4 Å². The standard InChI is InChI=1S/C18H20ClN3O4S/c1-3-11-7-15-13(9-14(11)19)12(8-16(23)26-15)10-27-18-21-20-17(24)22(18)5-4-6-25-2/h7-9H,3-6,10H2,1-2H3,(H,20,24). The minimum Gasteiger partial charge on any atom is -0.423 e. The van der Waals surface area contributed by atoms with E-state index < -0.39 is 5.63 Å². The molecule has 1 N–H and O–H groups in total. The molecule has 0 saturated carbocycles. The predicted octanol–water partition coefficient (Wildman–Crippen LogP) is 3.22. The number of aromatic amines is 1. The fourth-order valence-electron chi connectivity index (χ4n) is 2.80. The molecule has 9 heteroatoms. The van der Waals surface area contributed by atoms with Gasteiger partial charge >= 0.3 is 11.3 Å². The monoisotopic (exact) mass is 409 g/mol. The molecule has 0 unspecified atom stereocenters. The first-order valence-corrected chi connectivity index (χ1v) is 9.92. The molecule has 144 valence electrons. The van der Waals surface area contributed by atoms with Crippen LogP contribution in [0.15, 0.2) is 37.4 Å². The lowest BCUT2D eigenvalue weighted by molar-refractivity contribution is 0.189. The van der Waals surface area contributed by atoms with Crippen LogP contribution < -0.4 is 11.3 Å². The van der Waals surface area contributed by atoms with Crippen molar-refractivity contribution in [2.45, 2.75) is 37.2 Å². The van der Waals surface area contributed by atoms with Crippen LogP contribution in [0.4, 0.5) is 0 Å². The van der Waals surface area contributed by atoms with Crippen molar-refractivity contribution >= 4 is 34.3 Å². The van der Waals surface area contributed by atoms with Gasteiger partial charge in [-0.25, -0.2) is 14.7 Å². The highest BCUT2D eigenvalue weighted by Crippen LogP contribution is 2.29. The smallest absolute Gasteiger partial charge is 0.343 e. The lowest BCUT2D eigenvalue weighted by Crippen LogP contribution is -2.18. The van der Waals surface area contributed by atoms with Gasteiger partial charge in [0.2, 0.25) is 0 Å². The van der Waals surface area contributed by atoms with E-state index in [1.165, 1.54) is 17.8 Å². The average Bonchev–Trinajstić information content (AvgIpc) is 3.00. The Labute approximate surface area is 164 Å². The van der Waals surface area contributed by atoms with Crippen molar-refractivity contribution in [2.75, 3.05) is 13.7 Å². The molecule has 7 nitrogen and oxygen atoms in total. The molecule has 0 aliphatic carbocycles. The van der Waals surface area contributed by atoms with Crippen LogP contribution in [0.5, 0.6) is 0 Å². The summed E-state index contributed by atoms with van der Waals surface area (Å²) < 4.78 is 11.9. The molecular weight excluding hydrogens is 390 g/mol. The summed E-state index contributed by atoms with van der Waals surface area (Å²) in [5.41, 5.74) is 1.55. The molecule has 2 heterocycles. The van der Waals surface area contributed by atoms with Crippen LogP contribution in [-0.4, -0.2) is 28.5 Å². The zero-order valence-electron chi connectivity index (χ0n) is 15.1. The fraction of sp³-hybridized carbons (Fsp3) is 0.389. The van der Waals surface area contributed by atoms with Crippen LogP contribution in [0.3, 0.4) is 0 Å². The number of ether oxygens (including phenoxy) is 1. The summed E-state index contributed by atoms with van der Waals surface area (Å²) in [5, 5.41) is 8.53. The first-order valence-electron chi connectivity index (χ1n) is 8.55. The maximum Gasteiger partial charge on any atom is 0.343 e. The fourth-order valence-corrected chi connectivity index (χ4v) is 4.06. The SMILES string of the molecule is CCc1cc2oc(=O)cc(CSc3n[nH]c(=O)n3CCCOC)c2cc1Cl. The molecule has 0 spiro atoms. The minimum absolute atomic E-state index is 0.262. The summed E-state index contributed by atoms with van der Waals surface area (Å²) in [7, 11) is 1.62. The number of aryl methyl sites for hydroxylation is 1. The number of methoxy groups -OCH3 is 1. The van der Waals surface area contributed by atoms with E-state index in [0.717, 1.165) is 22.9 Å². The third kappa shape index (κ3) is 4.45. The lowest BCUT2D eigenvalue weighted by atomic mass is 10.1. The molecule has 1 aromatic carbocycles. The maximum absolute atomic E-state index is 11.9. The maximum atomic E-state index is 11.9. The summed E-state index contributed by atoms with van der Waals surface area (Å²) in [4.78, 5) is 23.9. The zero-order valence-corrected chi connectivity index (χ0v) is 16.7. The molecule has 0 fully saturated rings. The molecule has 0 bridgehead atoms. The normalized spacial score (nSPS) is 11.4. The first kappa shape index (κ1) is 19.7. The van der Waals surface area contributed by atoms with E-state index in [1.54, 1.807) is 11.7 Å². The summed E-state index contributed by atoms with van der Waals surface area (Å²) >= 11 is 7.71. The van der Waals surface area contributed by atoms with Crippen molar-refractivity contribution in [2.24, 2.45) is 0 Å². The number of nitrogens with zero attached hydrogens (tertiary/aromatic N) is 2. The van der Waals surface area contributed by atoms with Gasteiger partial charge in [0, 0.05) is 42.5 Å². The van der Waals surface area contributed by atoms with Gasteiger partial charge < -0.3 is 9.15 Å². The second kappa shape index (κ2) is 8.77. The molecular formula is C18H20ClN3O4S. The van der Waals surface area contributed by atoms with Crippen molar-refractivity contribution in [3.8, 4) is 0 Å². The average molecular weight is 410 g/mol. The summed E-state index contributed by atoms with van der Waals surface area (Å²) in [5.74, 6) is 0.457. The van der Waals surface area contributed by atoms with Crippen LogP contribution in [-0.2, 0) is 23.5 Å². The number of H-pyrrole nitrogens is 1. The van der Waals surface area contributed by atoms with Crippen molar-refractivity contribution < 1.29 is 9.15 Å². The van der Waals surface area contributed by atoms with Crippen molar-refractivity contribution in [3.63, 3.8) is 0 Å². The molecule has 0 amide bonds. The Bertz CT molecular complexity index is 1060. The number of hydrogen-bond acceptors (Lipinski definition) is 6. The number of hydrogen-bond donors (Lipinski definition) is 1. The Balaban J connectivity index is 1.89. The van der Waals surface area contributed by atoms with Crippen LogP contribution in [0.2, 0.25) is 5.02 Å². The van der Waals surface area contributed by atoms with Gasteiger partial charge in [-0.15, -0.1) is 5.10 Å². The van der Waals surface area contributed by atoms with Gasteiger partial charge in [-0.2, -0.15) is 0 Å². The second-order valence-electron chi connectivity index (χ2n) is 5.98. The summed E-state index contributed by atoms with van der Waals surface area (Å²) in [6, 6.07) is 5.09. The van der Waals surface area contributed by atoms with Gasteiger partial charge in [0.25, 0.3) is 0 Å². The Hall–Kier alpha value is -2.03. The van der Waals surface area contributed by atoms with Crippen molar-refractivity contribution in [1.82, 2.24) is 14.8 Å². The van der Waals surface area contributed by atoms with E-state index in [0.29, 0.717) is 41.1 Å². The predicted molar refractivity (Wildman–Crippen MR) is 106 cm³/mol. The van der Waals surface area contributed by atoms with E-state index in [4.69, 9.17) is 20.8 Å². The Kier molecular flexibility index (Phi) is 6.41. The quantitative estimate of drug-likeness (QED) is 0.349. The van der Waals surface area contributed by atoms with Crippen molar-refractivity contribution in [3.05, 3.63) is 55.3 Å². The van der Waals surface area contributed by atoms with Crippen LogP contribution in [0.25, 0.3) is 11.0 Å². The molecule has 0 radical (unpaired) electrons. The van der Waals surface area contributed by atoms with E-state index in [9.17, 15) is 9.59 Å². The zero-order chi connectivity index (χ0) is 19.4. The number of fused-ring (bicyclic) bond motifs is 1. The minimum atomic E-state index is -0.415. The number of thioether (sulfide) groups is 1. The highest BCUT2D eigenvalue weighted by atomic mass is 35.5. The van der Waals surface area contributed by atoms with E-state index in [2.05, 4.69) is 10.2 Å². The molecule has 0 saturated heterocycles. The molecule has 0 aliphatic rings. The number of halogens is 1. The van der Waals surface area contributed by atoms with Gasteiger partial charge in [0.15, 0.2) is 5.16 Å². The summed E-state index contributed by atoms with van der Waals surface area (Å²) in [6.07, 6.45) is 1.45. The van der Waals surface area contributed by atoms with Gasteiger partial charge in [0.05, 0.1) is 0 Å². The number of nitrogens with one attached hydrogen (secondary N) is 1. The Morgan fingerprint density at radius 2 is 2.11 bits per heavy atom. The number of benzene rings is 1. The van der Waals surface area contributed by atoms with Gasteiger partial charge in [0.1, 0.15) is 5.58 Å². The molecule has 0 atom stereocenters. The third-order valence-electron chi connectivity index (χ3n) is 4.19. The van der Waals surface area contributed by atoms with E-state index >= 15 is 0 Å². The molecule has 2 aromatic heterocycles. The highest BCUT2D eigenvalue weighted by molar-refractivity contribution is 7.98. The second-order valence-corrected chi connectivity index (χ2v) is 7.33. The molecule has 27 heavy (non-hydrogen) atoms. The highest BCUT2D eigenvalue weighted by Gasteiger charge is 2.13. The largest absolute Gasteiger partial charge is 0.423 e. The van der Waals surface area contributed by atoms with Crippen LogP contribution in [0, 0.1) is 0 Å². The van der Waals surface area contributed by atoms with Gasteiger partial charge in [-0.05, 0) is 36.1 Å². The Morgan fingerprint density at radius 3 is 2.85 bits per heavy atom.